The molecule has 35 heavy (non-hydrogen) atoms. The Kier molecular flexibility index (Phi) is 6.85. The number of carbonyl (C=O) groups excluding carboxylic acids is 3. The summed E-state index contributed by atoms with van der Waals surface area (Å²) < 4.78 is 0.763. The van der Waals surface area contributed by atoms with E-state index in [9.17, 15) is 29.4 Å². The van der Waals surface area contributed by atoms with Crippen molar-refractivity contribution in [2.75, 3.05) is 0 Å². The molecule has 0 aliphatic heterocycles. The number of rotatable bonds is 6. The smallest absolute Gasteiger partial charge is 0.337 e. The molecule has 0 radical (unpaired) electrons. The predicted molar refractivity (Wildman–Crippen MR) is 130 cm³/mol. The Morgan fingerprint density at radius 1 is 1.03 bits per heavy atom. The number of aromatic hydroxyl groups is 1. The van der Waals surface area contributed by atoms with Crippen LogP contribution in [0.25, 0.3) is 10.9 Å². The number of carboxylic acids is 1. The van der Waals surface area contributed by atoms with Gasteiger partial charge in [-0.2, -0.15) is 0 Å². The summed E-state index contributed by atoms with van der Waals surface area (Å²) in [6, 6.07) is 12.8. The van der Waals surface area contributed by atoms with Crippen molar-refractivity contribution in [2.24, 2.45) is 0 Å². The second-order valence-electron chi connectivity index (χ2n) is 7.49. The molecule has 9 nitrogen and oxygen atoms in total. The van der Waals surface area contributed by atoms with Crippen molar-refractivity contribution in [3.05, 3.63) is 87.1 Å². The van der Waals surface area contributed by atoms with Gasteiger partial charge < -0.3 is 15.5 Å². The zero-order chi connectivity index (χ0) is 25.1. The number of urea groups is 1. The number of aliphatic carboxylic acids is 1. The summed E-state index contributed by atoms with van der Waals surface area (Å²) in [7, 11) is 0. The van der Waals surface area contributed by atoms with Crippen molar-refractivity contribution >= 4 is 57.7 Å². The molecular weight excluding hydrogens is 494 g/mol. The van der Waals surface area contributed by atoms with Crippen LogP contribution in [0.5, 0.6) is 5.88 Å². The van der Waals surface area contributed by atoms with Crippen molar-refractivity contribution < 1.29 is 29.4 Å². The van der Waals surface area contributed by atoms with Crippen molar-refractivity contribution in [2.45, 2.75) is 12.5 Å². The highest BCUT2D eigenvalue weighted by Crippen LogP contribution is 2.35. The molecule has 0 spiro atoms. The first kappa shape index (κ1) is 24.0. The number of nitrogens with zero attached hydrogens (tertiary/aromatic N) is 1. The lowest BCUT2D eigenvalue weighted by molar-refractivity contribution is -0.139. The number of aromatic nitrogens is 1. The second kappa shape index (κ2) is 10.00. The van der Waals surface area contributed by atoms with Crippen LogP contribution < -0.4 is 10.6 Å². The van der Waals surface area contributed by atoms with Gasteiger partial charge in [-0.1, -0.05) is 48.0 Å². The molecular formula is C24H18ClN3O6S. The van der Waals surface area contributed by atoms with E-state index >= 15 is 0 Å². The molecule has 4 rings (SSSR count). The normalized spacial score (nSPS) is 11.7. The van der Waals surface area contributed by atoms with Gasteiger partial charge in [0.2, 0.25) is 11.7 Å². The molecule has 0 fully saturated rings. The van der Waals surface area contributed by atoms with Crippen LogP contribution in [-0.2, 0) is 11.2 Å². The maximum absolute atomic E-state index is 13.0. The summed E-state index contributed by atoms with van der Waals surface area (Å²) in [5, 5.41) is 26.8. The number of hydrogen-bond donors (Lipinski definition) is 4. The highest BCUT2D eigenvalue weighted by molar-refractivity contribution is 7.12. The Labute approximate surface area is 207 Å². The first-order chi connectivity index (χ1) is 16.8. The van der Waals surface area contributed by atoms with Gasteiger partial charge in [-0.05, 0) is 35.2 Å². The van der Waals surface area contributed by atoms with Crippen molar-refractivity contribution in [1.29, 1.82) is 0 Å². The second-order valence-corrected chi connectivity index (χ2v) is 8.87. The molecule has 4 N–H and O–H groups in total. The molecule has 0 bridgehead atoms. The number of benzene rings is 2. The lowest BCUT2D eigenvalue weighted by Crippen LogP contribution is -2.49. The van der Waals surface area contributed by atoms with E-state index < -0.39 is 35.7 Å². The summed E-state index contributed by atoms with van der Waals surface area (Å²) >= 11 is 7.24. The van der Waals surface area contributed by atoms with Crippen molar-refractivity contribution in [3.63, 3.8) is 0 Å². The summed E-state index contributed by atoms with van der Waals surface area (Å²) in [6.07, 6.45) is -0.00650. The van der Waals surface area contributed by atoms with E-state index in [2.05, 4.69) is 5.32 Å². The topological polar surface area (TPSA) is 138 Å². The number of imide groups is 1. The van der Waals surface area contributed by atoms with E-state index in [0.717, 1.165) is 15.9 Å². The molecule has 0 aliphatic carbocycles. The number of nitrogens with one attached hydrogen (secondary N) is 2. The van der Waals surface area contributed by atoms with Gasteiger partial charge in [0, 0.05) is 16.8 Å². The van der Waals surface area contributed by atoms with Crippen LogP contribution in [0.15, 0.2) is 66.0 Å². The third-order valence-corrected chi connectivity index (χ3v) is 6.29. The molecule has 1 atom stereocenters. The maximum Gasteiger partial charge on any atom is 0.337 e. The zero-order valence-electron chi connectivity index (χ0n) is 17.9. The minimum absolute atomic E-state index is 0.00650. The van der Waals surface area contributed by atoms with E-state index in [-0.39, 0.29) is 27.9 Å². The summed E-state index contributed by atoms with van der Waals surface area (Å²) in [6.45, 7) is 0. The number of thiophene rings is 1. The van der Waals surface area contributed by atoms with Crippen LogP contribution in [0.1, 0.15) is 20.8 Å². The maximum atomic E-state index is 13.0. The number of carboxylic acid groups (broad SMARTS) is 1. The summed E-state index contributed by atoms with van der Waals surface area (Å²) in [4.78, 5) is 50.4. The predicted octanol–water partition coefficient (Wildman–Crippen LogP) is 4.26. The fourth-order valence-corrected chi connectivity index (χ4v) is 4.45. The van der Waals surface area contributed by atoms with Crippen molar-refractivity contribution in [3.8, 4) is 5.88 Å². The van der Waals surface area contributed by atoms with E-state index in [4.69, 9.17) is 11.6 Å². The fraction of sp³-hybridized carbons (Fsp3) is 0.0833. The molecule has 0 saturated heterocycles. The van der Waals surface area contributed by atoms with Gasteiger partial charge >= 0.3 is 18.0 Å². The van der Waals surface area contributed by atoms with Crippen LogP contribution in [-0.4, -0.2) is 44.6 Å². The number of fused-ring (bicyclic) bond motifs is 1. The van der Waals surface area contributed by atoms with E-state index in [1.807, 2.05) is 5.32 Å². The molecule has 4 aromatic rings. The van der Waals surface area contributed by atoms with Gasteiger partial charge in [-0.3, -0.25) is 10.1 Å². The lowest BCUT2D eigenvalue weighted by atomic mass is 10.1. The van der Waals surface area contributed by atoms with E-state index in [1.165, 1.54) is 18.2 Å². The monoisotopic (exact) mass is 511 g/mol. The van der Waals surface area contributed by atoms with Crippen LogP contribution in [0.4, 0.5) is 9.59 Å². The Hall–Kier alpha value is -4.15. The Bertz CT molecular complexity index is 1430. The number of ketones is 1. The third-order valence-electron chi connectivity index (χ3n) is 5.19. The van der Waals surface area contributed by atoms with Gasteiger partial charge in [0.15, 0.2) is 0 Å². The largest absolute Gasteiger partial charge is 0.494 e. The van der Waals surface area contributed by atoms with Crippen LogP contribution in [0.3, 0.4) is 0 Å². The van der Waals surface area contributed by atoms with E-state index in [0.29, 0.717) is 10.4 Å². The Morgan fingerprint density at radius 2 is 1.77 bits per heavy atom. The Balaban J connectivity index is 1.61. The number of hydrogen-bond acceptors (Lipinski definition) is 6. The number of carbonyl (C=O) groups is 4. The molecule has 178 valence electrons. The SMILES string of the molecule is O=C(NC(=O)n1c(O)c(C(=O)c2cccs2)c2cc(Cl)ccc21)N[C@@H](Cc1ccccc1)C(=O)O. The van der Waals surface area contributed by atoms with E-state index in [1.54, 1.807) is 47.8 Å². The fourth-order valence-electron chi connectivity index (χ4n) is 3.61. The zero-order valence-corrected chi connectivity index (χ0v) is 19.5. The Morgan fingerprint density at radius 3 is 2.43 bits per heavy atom. The highest BCUT2D eigenvalue weighted by atomic mass is 35.5. The van der Waals surface area contributed by atoms with Crippen LogP contribution in [0, 0.1) is 0 Å². The van der Waals surface area contributed by atoms with Gasteiger partial charge in [0.05, 0.1) is 16.0 Å². The lowest BCUT2D eigenvalue weighted by Gasteiger charge is -2.15. The molecule has 3 amide bonds. The number of halogens is 1. The molecule has 0 unspecified atom stereocenters. The van der Waals surface area contributed by atoms with Crippen molar-refractivity contribution in [1.82, 2.24) is 15.2 Å². The average molecular weight is 512 g/mol. The van der Waals surface area contributed by atoms with Gasteiger partial charge in [-0.15, -0.1) is 11.3 Å². The summed E-state index contributed by atoms with van der Waals surface area (Å²) in [5.41, 5.74) is 0.665. The molecule has 2 heterocycles. The first-order valence-electron chi connectivity index (χ1n) is 10.3. The quantitative estimate of drug-likeness (QED) is 0.285. The average Bonchev–Trinajstić information content (AvgIpc) is 3.45. The standard InChI is InChI=1S/C24H18ClN3O6S/c25-14-8-9-17-15(12-14)19(20(29)18-7-4-10-35-18)21(30)28(17)24(34)27-23(33)26-16(22(31)32)11-13-5-2-1-3-6-13/h1-10,12,16,30H,11H2,(H,31,32)(H2,26,27,33,34)/t16-/m0/s1. The first-order valence-corrected chi connectivity index (χ1v) is 11.5. The van der Waals surface area contributed by atoms with Crippen LogP contribution in [0.2, 0.25) is 5.02 Å². The highest BCUT2D eigenvalue weighted by Gasteiger charge is 2.28. The van der Waals surface area contributed by atoms with Gasteiger partial charge in [-0.25, -0.2) is 19.0 Å². The number of amides is 3. The molecule has 0 aliphatic rings. The van der Waals surface area contributed by atoms with Crippen LogP contribution >= 0.6 is 22.9 Å². The summed E-state index contributed by atoms with van der Waals surface area (Å²) in [5.74, 6) is -2.48. The molecule has 11 heteroatoms. The molecule has 0 saturated carbocycles. The molecule has 2 aromatic heterocycles. The van der Waals surface area contributed by atoms with Gasteiger partial charge in [0.1, 0.15) is 6.04 Å². The molecule has 2 aromatic carbocycles. The minimum atomic E-state index is -1.31. The third kappa shape index (κ3) is 5.03. The van der Waals surface area contributed by atoms with Gasteiger partial charge in [0.25, 0.3) is 0 Å². The minimum Gasteiger partial charge on any atom is -0.494 e.